The van der Waals surface area contributed by atoms with Crippen LogP contribution in [-0.4, -0.2) is 43.4 Å². The molecule has 3 rings (SSSR count). The zero-order valence-electron chi connectivity index (χ0n) is 13.0. The molecule has 0 aromatic carbocycles. The van der Waals surface area contributed by atoms with E-state index in [9.17, 15) is 4.79 Å². The zero-order chi connectivity index (χ0) is 15.5. The summed E-state index contributed by atoms with van der Waals surface area (Å²) in [5.41, 5.74) is 0.412. The molecule has 1 amide bonds. The Hall–Kier alpha value is -2.24. The van der Waals surface area contributed by atoms with Gasteiger partial charge in [0.1, 0.15) is 11.5 Å². The molecule has 6 heteroatoms. The second-order valence-corrected chi connectivity index (χ2v) is 5.97. The van der Waals surface area contributed by atoms with Crippen LogP contribution in [0.5, 0.6) is 0 Å². The van der Waals surface area contributed by atoms with Gasteiger partial charge in [0.25, 0.3) is 5.91 Å². The van der Waals surface area contributed by atoms with Crippen molar-refractivity contribution in [2.75, 3.05) is 13.1 Å². The van der Waals surface area contributed by atoms with Crippen LogP contribution in [0.4, 0.5) is 0 Å². The maximum atomic E-state index is 12.5. The van der Waals surface area contributed by atoms with E-state index in [0.717, 1.165) is 25.2 Å². The second kappa shape index (κ2) is 6.25. The molecule has 0 N–H and O–H groups in total. The average molecular weight is 299 g/mol. The fourth-order valence-electron chi connectivity index (χ4n) is 3.02. The summed E-state index contributed by atoms with van der Waals surface area (Å²) < 4.78 is 2.20. The molecule has 0 aliphatic carbocycles. The number of hydrogen-bond acceptors (Lipinski definition) is 4. The Morgan fingerprint density at radius 1 is 1.27 bits per heavy atom. The van der Waals surface area contributed by atoms with E-state index in [1.165, 1.54) is 6.20 Å². The predicted molar refractivity (Wildman–Crippen MR) is 82.5 cm³/mol. The van der Waals surface area contributed by atoms with Gasteiger partial charge in [0.05, 0.1) is 6.20 Å². The number of piperidine rings is 1. The van der Waals surface area contributed by atoms with Gasteiger partial charge >= 0.3 is 0 Å². The molecule has 6 nitrogen and oxygen atoms in total. The Labute approximate surface area is 130 Å². The van der Waals surface area contributed by atoms with Crippen molar-refractivity contribution in [1.82, 2.24) is 24.4 Å². The molecular weight excluding hydrogens is 278 g/mol. The molecule has 2 aromatic heterocycles. The molecule has 0 spiro atoms. The first-order chi connectivity index (χ1) is 10.7. The Kier molecular flexibility index (Phi) is 4.18. The van der Waals surface area contributed by atoms with Crippen molar-refractivity contribution in [3.63, 3.8) is 0 Å². The minimum Gasteiger partial charge on any atom is -0.337 e. The highest BCUT2D eigenvalue weighted by molar-refractivity contribution is 5.92. The van der Waals surface area contributed by atoms with Crippen LogP contribution in [0, 0.1) is 0 Å². The molecule has 1 atom stereocenters. The van der Waals surface area contributed by atoms with Gasteiger partial charge < -0.3 is 9.47 Å². The van der Waals surface area contributed by atoms with Crippen LogP contribution < -0.4 is 0 Å². The SMILES string of the molecule is CC(C)n1ccnc1C1CCCN(C(=O)c2cnccn2)C1. The first-order valence-electron chi connectivity index (χ1n) is 7.75. The summed E-state index contributed by atoms with van der Waals surface area (Å²) in [6.07, 6.45) is 10.6. The van der Waals surface area contributed by atoms with Gasteiger partial charge in [-0.1, -0.05) is 0 Å². The molecule has 0 saturated carbocycles. The topological polar surface area (TPSA) is 63.9 Å². The molecule has 3 heterocycles. The highest BCUT2D eigenvalue weighted by atomic mass is 16.2. The van der Waals surface area contributed by atoms with Crippen molar-refractivity contribution in [2.24, 2.45) is 0 Å². The molecule has 0 bridgehead atoms. The highest BCUT2D eigenvalue weighted by Gasteiger charge is 2.28. The van der Waals surface area contributed by atoms with E-state index in [-0.39, 0.29) is 11.8 Å². The molecule has 116 valence electrons. The highest BCUT2D eigenvalue weighted by Crippen LogP contribution is 2.28. The van der Waals surface area contributed by atoms with Crippen molar-refractivity contribution in [2.45, 2.75) is 38.6 Å². The third kappa shape index (κ3) is 2.86. The minimum absolute atomic E-state index is 0.0412. The number of likely N-dealkylation sites (tertiary alicyclic amines) is 1. The van der Waals surface area contributed by atoms with E-state index >= 15 is 0 Å². The minimum atomic E-state index is -0.0412. The molecule has 1 aliphatic heterocycles. The fraction of sp³-hybridized carbons (Fsp3) is 0.500. The van der Waals surface area contributed by atoms with E-state index in [2.05, 4.69) is 33.4 Å². The number of rotatable bonds is 3. The molecular formula is C16H21N5O. The molecule has 2 aromatic rings. The summed E-state index contributed by atoms with van der Waals surface area (Å²) in [4.78, 5) is 27.0. The Morgan fingerprint density at radius 3 is 2.86 bits per heavy atom. The van der Waals surface area contributed by atoms with Gasteiger partial charge in [0.2, 0.25) is 0 Å². The van der Waals surface area contributed by atoms with Crippen LogP contribution in [0.15, 0.2) is 31.0 Å². The predicted octanol–water partition coefficient (Wildman–Crippen LogP) is 2.27. The molecule has 22 heavy (non-hydrogen) atoms. The van der Waals surface area contributed by atoms with E-state index in [1.54, 1.807) is 12.4 Å². The van der Waals surface area contributed by atoms with Gasteiger partial charge in [-0.2, -0.15) is 0 Å². The quantitative estimate of drug-likeness (QED) is 0.872. The number of aromatic nitrogens is 4. The summed E-state index contributed by atoms with van der Waals surface area (Å²) in [6, 6.07) is 0.378. The lowest BCUT2D eigenvalue weighted by atomic mass is 9.96. The first-order valence-corrected chi connectivity index (χ1v) is 7.75. The molecule has 1 saturated heterocycles. The van der Waals surface area contributed by atoms with Gasteiger partial charge in [-0.25, -0.2) is 9.97 Å². The number of amides is 1. The van der Waals surface area contributed by atoms with Crippen molar-refractivity contribution in [3.05, 3.63) is 42.5 Å². The summed E-state index contributed by atoms with van der Waals surface area (Å²) in [7, 11) is 0. The van der Waals surface area contributed by atoms with Crippen LogP contribution in [0.3, 0.4) is 0 Å². The Morgan fingerprint density at radius 2 is 2.14 bits per heavy atom. The lowest BCUT2D eigenvalue weighted by Gasteiger charge is -2.32. The summed E-state index contributed by atoms with van der Waals surface area (Å²) in [5, 5.41) is 0. The lowest BCUT2D eigenvalue weighted by molar-refractivity contribution is 0.0696. The van der Waals surface area contributed by atoms with Gasteiger partial charge in [0.15, 0.2) is 0 Å². The third-order valence-corrected chi connectivity index (χ3v) is 4.11. The van der Waals surface area contributed by atoms with Gasteiger partial charge in [-0.3, -0.25) is 9.78 Å². The molecule has 1 unspecified atom stereocenters. The molecule has 1 aliphatic rings. The van der Waals surface area contributed by atoms with Gasteiger partial charge in [-0.05, 0) is 26.7 Å². The number of nitrogens with zero attached hydrogens (tertiary/aromatic N) is 5. The standard InChI is InChI=1S/C16H21N5O/c1-12(2)21-9-7-19-15(21)13-4-3-8-20(11-13)16(22)14-10-17-5-6-18-14/h5-7,9-10,12-13H,3-4,8,11H2,1-2H3. The van der Waals surface area contributed by atoms with Crippen molar-refractivity contribution >= 4 is 5.91 Å². The average Bonchev–Trinajstić information content (AvgIpc) is 3.05. The van der Waals surface area contributed by atoms with Crippen molar-refractivity contribution < 1.29 is 4.79 Å². The van der Waals surface area contributed by atoms with Gasteiger partial charge in [-0.15, -0.1) is 0 Å². The largest absolute Gasteiger partial charge is 0.337 e. The number of carbonyl (C=O) groups excluding carboxylic acids is 1. The van der Waals surface area contributed by atoms with Crippen molar-refractivity contribution in [1.29, 1.82) is 0 Å². The smallest absolute Gasteiger partial charge is 0.274 e. The van der Waals surface area contributed by atoms with E-state index in [4.69, 9.17) is 0 Å². The second-order valence-electron chi connectivity index (χ2n) is 5.97. The van der Waals surface area contributed by atoms with Crippen molar-refractivity contribution in [3.8, 4) is 0 Å². The van der Waals surface area contributed by atoms with E-state index in [1.807, 2.05) is 17.3 Å². The zero-order valence-corrected chi connectivity index (χ0v) is 13.0. The van der Waals surface area contributed by atoms with Crippen LogP contribution >= 0.6 is 0 Å². The summed E-state index contributed by atoms with van der Waals surface area (Å²) >= 11 is 0. The van der Waals surface area contributed by atoms with E-state index < -0.39 is 0 Å². The molecule has 1 fully saturated rings. The monoisotopic (exact) mass is 299 g/mol. The third-order valence-electron chi connectivity index (χ3n) is 4.11. The van der Waals surface area contributed by atoms with Crippen LogP contribution in [0.2, 0.25) is 0 Å². The lowest BCUT2D eigenvalue weighted by Crippen LogP contribution is -2.40. The first kappa shape index (κ1) is 14.7. The summed E-state index contributed by atoms with van der Waals surface area (Å²) in [5.74, 6) is 1.32. The maximum Gasteiger partial charge on any atom is 0.274 e. The van der Waals surface area contributed by atoms with Crippen LogP contribution in [0.25, 0.3) is 0 Å². The Balaban J connectivity index is 1.77. The summed E-state index contributed by atoms with van der Waals surface area (Å²) in [6.45, 7) is 5.76. The Bertz CT molecular complexity index is 637. The van der Waals surface area contributed by atoms with Crippen LogP contribution in [0.1, 0.15) is 55.0 Å². The molecule has 0 radical (unpaired) electrons. The normalized spacial score (nSPS) is 18.7. The van der Waals surface area contributed by atoms with Crippen LogP contribution in [-0.2, 0) is 0 Å². The van der Waals surface area contributed by atoms with E-state index in [0.29, 0.717) is 18.3 Å². The van der Waals surface area contributed by atoms with Gasteiger partial charge in [0, 0.05) is 49.8 Å². The number of carbonyl (C=O) groups is 1. The maximum absolute atomic E-state index is 12.5. The number of imidazole rings is 1. The number of hydrogen-bond donors (Lipinski definition) is 0. The fourth-order valence-corrected chi connectivity index (χ4v) is 3.02.